The molecule has 0 radical (unpaired) electrons. The van der Waals surface area contributed by atoms with E-state index >= 15 is 0 Å². The fourth-order valence-corrected chi connectivity index (χ4v) is 1.78. The molecule has 1 aromatic rings. The van der Waals surface area contributed by atoms with E-state index in [9.17, 15) is 5.11 Å². The number of rotatable bonds is 7. The second-order valence-electron chi connectivity index (χ2n) is 4.42. The van der Waals surface area contributed by atoms with E-state index in [0.717, 1.165) is 11.3 Å². The number of hydrogen-bond acceptors (Lipinski definition) is 4. The number of nitriles is 1. The second-order valence-corrected chi connectivity index (χ2v) is 4.42. The highest BCUT2D eigenvalue weighted by molar-refractivity contribution is 5.33. The number of aliphatic hydroxyl groups is 1. The summed E-state index contributed by atoms with van der Waals surface area (Å²) in [4.78, 5) is 0. The van der Waals surface area contributed by atoms with Crippen molar-refractivity contribution < 1.29 is 9.84 Å². The van der Waals surface area contributed by atoms with Gasteiger partial charge in [0.1, 0.15) is 11.8 Å². The lowest BCUT2D eigenvalue weighted by Crippen LogP contribution is -2.28. The summed E-state index contributed by atoms with van der Waals surface area (Å²) in [6, 6.07) is 9.84. The minimum absolute atomic E-state index is 0.0558. The van der Waals surface area contributed by atoms with Crippen LogP contribution in [0.5, 0.6) is 5.75 Å². The van der Waals surface area contributed by atoms with Crippen molar-refractivity contribution in [3.63, 3.8) is 0 Å². The Morgan fingerprint density at radius 1 is 1.39 bits per heavy atom. The van der Waals surface area contributed by atoms with Crippen molar-refractivity contribution in [3.05, 3.63) is 29.8 Å². The van der Waals surface area contributed by atoms with Crippen LogP contribution in [-0.2, 0) is 6.54 Å². The van der Waals surface area contributed by atoms with Gasteiger partial charge >= 0.3 is 0 Å². The van der Waals surface area contributed by atoms with Crippen LogP contribution >= 0.6 is 0 Å². The monoisotopic (exact) mass is 248 g/mol. The van der Waals surface area contributed by atoms with Gasteiger partial charge in [-0.25, -0.2) is 0 Å². The molecular formula is C14H20N2O2. The molecule has 0 saturated heterocycles. The van der Waals surface area contributed by atoms with Crippen molar-refractivity contribution in [2.75, 3.05) is 6.61 Å². The van der Waals surface area contributed by atoms with Gasteiger partial charge in [0.15, 0.2) is 6.61 Å². The minimum atomic E-state index is -0.308. The van der Waals surface area contributed by atoms with Crippen LogP contribution in [0.3, 0.4) is 0 Å². The Bertz CT molecular complexity index is 399. The molecule has 4 nitrogen and oxygen atoms in total. The van der Waals surface area contributed by atoms with Crippen molar-refractivity contribution in [1.82, 2.24) is 5.32 Å². The van der Waals surface area contributed by atoms with Crippen molar-refractivity contribution in [2.24, 2.45) is 0 Å². The summed E-state index contributed by atoms with van der Waals surface area (Å²) >= 11 is 0. The van der Waals surface area contributed by atoms with E-state index in [1.165, 1.54) is 0 Å². The molecule has 98 valence electrons. The Morgan fingerprint density at radius 2 is 2.11 bits per heavy atom. The second kappa shape index (κ2) is 7.70. The summed E-state index contributed by atoms with van der Waals surface area (Å²) in [6.07, 6.45) is 0.402. The van der Waals surface area contributed by atoms with Crippen LogP contribution in [0.2, 0.25) is 0 Å². The maximum Gasteiger partial charge on any atom is 0.174 e. The summed E-state index contributed by atoms with van der Waals surface area (Å²) in [5.74, 6) is 0.732. The predicted molar refractivity (Wildman–Crippen MR) is 70.1 cm³/mol. The number of nitrogens with zero attached hydrogens (tertiary/aromatic N) is 1. The van der Waals surface area contributed by atoms with E-state index in [2.05, 4.69) is 5.32 Å². The number of ether oxygens (including phenoxy) is 1. The van der Waals surface area contributed by atoms with E-state index < -0.39 is 0 Å². The van der Waals surface area contributed by atoms with Crippen molar-refractivity contribution in [3.8, 4) is 11.8 Å². The number of aliphatic hydroxyl groups excluding tert-OH is 1. The molecule has 0 spiro atoms. The van der Waals surface area contributed by atoms with Gasteiger partial charge < -0.3 is 15.2 Å². The summed E-state index contributed by atoms with van der Waals surface area (Å²) in [7, 11) is 0. The topological polar surface area (TPSA) is 65.3 Å². The Balaban J connectivity index is 2.53. The first kappa shape index (κ1) is 14.5. The van der Waals surface area contributed by atoms with Gasteiger partial charge in [-0.05, 0) is 26.3 Å². The Labute approximate surface area is 108 Å². The normalized spacial score (nSPS) is 13.7. The Morgan fingerprint density at radius 3 is 2.78 bits per heavy atom. The van der Waals surface area contributed by atoms with Crippen LogP contribution in [-0.4, -0.2) is 23.9 Å². The fraction of sp³-hybridized carbons (Fsp3) is 0.500. The average Bonchev–Trinajstić information content (AvgIpc) is 2.34. The molecule has 0 amide bonds. The predicted octanol–water partition coefficient (Wildman–Crippen LogP) is 1.84. The number of hydrogen-bond donors (Lipinski definition) is 2. The highest BCUT2D eigenvalue weighted by Crippen LogP contribution is 2.17. The third kappa shape index (κ3) is 5.17. The highest BCUT2D eigenvalue weighted by Gasteiger charge is 2.07. The summed E-state index contributed by atoms with van der Waals surface area (Å²) in [6.45, 7) is 4.53. The molecule has 1 rings (SSSR count). The quantitative estimate of drug-likeness (QED) is 0.772. The summed E-state index contributed by atoms with van der Waals surface area (Å²) in [5, 5.41) is 21.1. The fourth-order valence-electron chi connectivity index (χ4n) is 1.78. The van der Waals surface area contributed by atoms with Gasteiger partial charge in [-0.2, -0.15) is 5.26 Å². The molecule has 18 heavy (non-hydrogen) atoms. The molecule has 0 heterocycles. The molecule has 0 saturated carbocycles. The van der Waals surface area contributed by atoms with Crippen LogP contribution in [0, 0.1) is 11.3 Å². The molecule has 0 aliphatic rings. The van der Waals surface area contributed by atoms with Crippen LogP contribution < -0.4 is 10.1 Å². The zero-order valence-electron chi connectivity index (χ0n) is 10.9. The molecule has 4 heteroatoms. The van der Waals surface area contributed by atoms with Crippen LogP contribution in [0.15, 0.2) is 24.3 Å². The first-order chi connectivity index (χ1) is 8.63. The lowest BCUT2D eigenvalue weighted by atomic mass is 10.1. The van der Waals surface area contributed by atoms with Crippen molar-refractivity contribution in [1.29, 1.82) is 5.26 Å². The van der Waals surface area contributed by atoms with E-state index in [0.29, 0.717) is 13.0 Å². The van der Waals surface area contributed by atoms with Crippen molar-refractivity contribution >= 4 is 0 Å². The molecule has 0 fully saturated rings. The molecule has 1 aromatic carbocycles. The largest absolute Gasteiger partial charge is 0.478 e. The van der Waals surface area contributed by atoms with Crippen LogP contribution in [0.4, 0.5) is 0 Å². The van der Waals surface area contributed by atoms with E-state index in [-0.39, 0.29) is 18.8 Å². The first-order valence-electron chi connectivity index (χ1n) is 6.12. The SMILES string of the molecule is CC(O)CC(C)NCc1ccccc1OCC#N. The molecule has 2 N–H and O–H groups in total. The zero-order valence-corrected chi connectivity index (χ0v) is 10.9. The highest BCUT2D eigenvalue weighted by atomic mass is 16.5. The van der Waals surface area contributed by atoms with Crippen LogP contribution in [0.25, 0.3) is 0 Å². The maximum absolute atomic E-state index is 9.29. The van der Waals surface area contributed by atoms with Gasteiger partial charge in [-0.1, -0.05) is 18.2 Å². The number of nitrogens with one attached hydrogen (secondary N) is 1. The Kier molecular flexibility index (Phi) is 6.20. The smallest absolute Gasteiger partial charge is 0.174 e. The van der Waals surface area contributed by atoms with E-state index in [1.807, 2.05) is 37.3 Å². The molecule has 0 aliphatic carbocycles. The Hall–Kier alpha value is -1.57. The maximum atomic E-state index is 9.29. The molecule has 2 atom stereocenters. The number of para-hydroxylation sites is 1. The zero-order chi connectivity index (χ0) is 13.4. The third-order valence-electron chi connectivity index (χ3n) is 2.60. The van der Waals surface area contributed by atoms with E-state index in [1.54, 1.807) is 6.92 Å². The van der Waals surface area contributed by atoms with Gasteiger partial charge in [0, 0.05) is 18.2 Å². The third-order valence-corrected chi connectivity index (χ3v) is 2.60. The first-order valence-corrected chi connectivity index (χ1v) is 6.12. The molecule has 0 aliphatic heterocycles. The molecule has 0 aromatic heterocycles. The van der Waals surface area contributed by atoms with Gasteiger partial charge in [-0.15, -0.1) is 0 Å². The van der Waals surface area contributed by atoms with Gasteiger partial charge in [-0.3, -0.25) is 0 Å². The molecular weight excluding hydrogens is 228 g/mol. The van der Waals surface area contributed by atoms with Gasteiger partial charge in [0.25, 0.3) is 0 Å². The standard InChI is InChI=1S/C14H20N2O2/c1-11(9-12(2)17)16-10-13-5-3-4-6-14(13)18-8-7-15/h3-6,11-12,16-17H,8-10H2,1-2H3. The summed E-state index contributed by atoms with van der Waals surface area (Å²) < 4.78 is 5.35. The number of benzene rings is 1. The van der Waals surface area contributed by atoms with Gasteiger partial charge in [0.2, 0.25) is 0 Å². The molecule has 0 bridgehead atoms. The van der Waals surface area contributed by atoms with Crippen LogP contribution in [0.1, 0.15) is 25.8 Å². The minimum Gasteiger partial charge on any atom is -0.478 e. The lowest BCUT2D eigenvalue weighted by molar-refractivity contribution is 0.170. The van der Waals surface area contributed by atoms with E-state index in [4.69, 9.17) is 10.00 Å². The van der Waals surface area contributed by atoms with Gasteiger partial charge in [0.05, 0.1) is 6.10 Å². The molecule has 2 unspecified atom stereocenters. The average molecular weight is 248 g/mol. The van der Waals surface area contributed by atoms with Crippen molar-refractivity contribution in [2.45, 2.75) is 39.0 Å². The lowest BCUT2D eigenvalue weighted by Gasteiger charge is -2.16. The summed E-state index contributed by atoms with van der Waals surface area (Å²) in [5.41, 5.74) is 1.02.